The predicted molar refractivity (Wildman–Crippen MR) is 98.0 cm³/mol. The molecule has 1 N–H and O–H groups in total. The summed E-state index contributed by atoms with van der Waals surface area (Å²) in [5.41, 5.74) is 1.59. The summed E-state index contributed by atoms with van der Waals surface area (Å²) in [5, 5.41) is 12.3. The first-order chi connectivity index (χ1) is 12.1. The van der Waals surface area contributed by atoms with E-state index in [2.05, 4.69) is 9.97 Å². The van der Waals surface area contributed by atoms with E-state index in [0.717, 1.165) is 21.9 Å². The summed E-state index contributed by atoms with van der Waals surface area (Å²) in [6, 6.07) is 5.71. The van der Waals surface area contributed by atoms with Gasteiger partial charge < -0.3 is 14.6 Å². The lowest BCUT2D eigenvalue weighted by Crippen LogP contribution is -1.98. The van der Waals surface area contributed by atoms with E-state index in [1.54, 1.807) is 0 Å². The molecule has 0 saturated carbocycles. The van der Waals surface area contributed by atoms with Gasteiger partial charge in [-0.25, -0.2) is 14.8 Å². The third-order valence-electron chi connectivity index (χ3n) is 3.23. The number of carboxylic acid groups (broad SMARTS) is 1. The number of hydrogen-bond donors (Lipinski definition) is 1. The maximum absolute atomic E-state index is 11.0. The van der Waals surface area contributed by atoms with Gasteiger partial charge in [0.1, 0.15) is 20.6 Å². The summed E-state index contributed by atoms with van der Waals surface area (Å²) in [6.07, 6.45) is 1.35. The summed E-state index contributed by atoms with van der Waals surface area (Å²) >= 11 is 2.58. The quantitative estimate of drug-likeness (QED) is 0.657. The van der Waals surface area contributed by atoms with Crippen LogP contribution >= 0.6 is 22.7 Å². The standard InChI is InChI=1S/C17H16N2O4S2/c1-3-22-12-6-5-10(7-13(12)23-4-2)15-19-11(9-24-15)16-18-8-14(25-16)17(20)21/h5-9H,3-4H2,1-2H3,(H,20,21). The maximum Gasteiger partial charge on any atom is 0.347 e. The molecule has 2 heterocycles. The van der Waals surface area contributed by atoms with E-state index in [4.69, 9.17) is 14.6 Å². The third kappa shape index (κ3) is 3.80. The molecule has 3 aromatic rings. The Balaban J connectivity index is 1.90. The molecule has 0 aliphatic carbocycles. The molecule has 0 saturated heterocycles. The van der Waals surface area contributed by atoms with Crippen LogP contribution in [0.15, 0.2) is 29.8 Å². The summed E-state index contributed by atoms with van der Waals surface area (Å²) in [4.78, 5) is 19.9. The second-order valence-corrected chi connectivity index (χ2v) is 6.79. The fourth-order valence-electron chi connectivity index (χ4n) is 2.18. The lowest BCUT2D eigenvalue weighted by molar-refractivity contribution is 0.0702. The van der Waals surface area contributed by atoms with Crippen molar-refractivity contribution in [3.8, 4) is 32.8 Å². The highest BCUT2D eigenvalue weighted by Gasteiger charge is 2.15. The zero-order valence-corrected chi connectivity index (χ0v) is 15.3. The van der Waals surface area contributed by atoms with E-state index >= 15 is 0 Å². The number of hydrogen-bond acceptors (Lipinski definition) is 7. The van der Waals surface area contributed by atoms with Crippen LogP contribution in [0.1, 0.15) is 23.5 Å². The smallest absolute Gasteiger partial charge is 0.347 e. The van der Waals surface area contributed by atoms with Crippen LogP contribution in [0.2, 0.25) is 0 Å². The number of rotatable bonds is 7. The van der Waals surface area contributed by atoms with E-state index in [0.29, 0.717) is 35.4 Å². The molecule has 0 radical (unpaired) electrons. The Kier molecular flexibility index (Phi) is 5.30. The minimum atomic E-state index is -0.980. The van der Waals surface area contributed by atoms with Gasteiger partial charge in [-0.1, -0.05) is 0 Å². The first kappa shape index (κ1) is 17.4. The normalized spacial score (nSPS) is 10.6. The van der Waals surface area contributed by atoms with E-state index in [1.165, 1.54) is 17.5 Å². The lowest BCUT2D eigenvalue weighted by Gasteiger charge is -2.11. The second kappa shape index (κ2) is 7.62. The molecule has 1 aromatic carbocycles. The molecule has 6 nitrogen and oxygen atoms in total. The van der Waals surface area contributed by atoms with Crippen LogP contribution in [0.25, 0.3) is 21.3 Å². The van der Waals surface area contributed by atoms with Crippen LogP contribution in [-0.4, -0.2) is 34.3 Å². The molecular formula is C17H16N2O4S2. The highest BCUT2D eigenvalue weighted by Crippen LogP contribution is 2.36. The number of ether oxygens (including phenoxy) is 2. The Labute approximate surface area is 152 Å². The third-order valence-corrected chi connectivity index (χ3v) is 5.13. The molecule has 0 unspecified atom stereocenters. The monoisotopic (exact) mass is 376 g/mol. The topological polar surface area (TPSA) is 81.5 Å². The highest BCUT2D eigenvalue weighted by molar-refractivity contribution is 7.17. The zero-order chi connectivity index (χ0) is 17.8. The Morgan fingerprint density at radius 1 is 1.16 bits per heavy atom. The SMILES string of the molecule is CCOc1ccc(-c2nc(-c3ncc(C(=O)O)s3)cs2)cc1OCC. The van der Waals surface area contributed by atoms with Crippen LogP contribution in [0.3, 0.4) is 0 Å². The molecule has 0 atom stereocenters. The van der Waals surface area contributed by atoms with Gasteiger partial charge in [0.05, 0.1) is 19.4 Å². The summed E-state index contributed by atoms with van der Waals surface area (Å²) in [6.45, 7) is 4.96. The van der Waals surface area contributed by atoms with Gasteiger partial charge in [0.2, 0.25) is 0 Å². The van der Waals surface area contributed by atoms with Gasteiger partial charge in [0.15, 0.2) is 11.5 Å². The van der Waals surface area contributed by atoms with E-state index in [1.807, 2.05) is 37.4 Å². The average Bonchev–Trinajstić information content (AvgIpc) is 3.26. The van der Waals surface area contributed by atoms with Gasteiger partial charge in [0, 0.05) is 10.9 Å². The highest BCUT2D eigenvalue weighted by atomic mass is 32.1. The number of benzene rings is 1. The van der Waals surface area contributed by atoms with Crippen molar-refractivity contribution in [1.29, 1.82) is 0 Å². The number of thiazole rings is 2. The minimum absolute atomic E-state index is 0.198. The Morgan fingerprint density at radius 3 is 2.60 bits per heavy atom. The van der Waals surface area contributed by atoms with Crippen molar-refractivity contribution in [3.05, 3.63) is 34.7 Å². The molecule has 0 spiro atoms. The fourth-order valence-corrected chi connectivity index (χ4v) is 3.77. The molecule has 130 valence electrons. The van der Waals surface area contributed by atoms with Crippen molar-refractivity contribution in [2.45, 2.75) is 13.8 Å². The first-order valence-electron chi connectivity index (χ1n) is 7.67. The Bertz CT molecular complexity index is 888. The van der Waals surface area contributed by atoms with Gasteiger partial charge >= 0.3 is 5.97 Å². The number of nitrogens with zero attached hydrogens (tertiary/aromatic N) is 2. The number of aromatic carboxylic acids is 1. The zero-order valence-electron chi connectivity index (χ0n) is 13.7. The molecular weight excluding hydrogens is 360 g/mol. The molecule has 25 heavy (non-hydrogen) atoms. The van der Waals surface area contributed by atoms with Crippen molar-refractivity contribution >= 4 is 28.6 Å². The van der Waals surface area contributed by atoms with Crippen LogP contribution < -0.4 is 9.47 Å². The van der Waals surface area contributed by atoms with Gasteiger partial charge in [-0.05, 0) is 32.0 Å². The first-order valence-corrected chi connectivity index (χ1v) is 9.37. The number of carbonyl (C=O) groups is 1. The van der Waals surface area contributed by atoms with E-state index in [-0.39, 0.29) is 4.88 Å². The minimum Gasteiger partial charge on any atom is -0.490 e. The Hall–Kier alpha value is -2.45. The second-order valence-electron chi connectivity index (χ2n) is 4.90. The molecule has 0 fully saturated rings. The molecule has 0 aliphatic rings. The van der Waals surface area contributed by atoms with Crippen LogP contribution in [-0.2, 0) is 0 Å². The fraction of sp³-hybridized carbons (Fsp3) is 0.235. The maximum atomic E-state index is 11.0. The summed E-state index contributed by atoms with van der Waals surface area (Å²) in [7, 11) is 0. The van der Waals surface area contributed by atoms with Gasteiger partial charge in [-0.2, -0.15) is 0 Å². The molecule has 2 aromatic heterocycles. The van der Waals surface area contributed by atoms with Gasteiger partial charge in [0.25, 0.3) is 0 Å². The van der Waals surface area contributed by atoms with Crippen LogP contribution in [0, 0.1) is 0 Å². The lowest BCUT2D eigenvalue weighted by atomic mass is 10.2. The average molecular weight is 376 g/mol. The van der Waals surface area contributed by atoms with E-state index < -0.39 is 5.97 Å². The van der Waals surface area contributed by atoms with E-state index in [9.17, 15) is 4.79 Å². The van der Waals surface area contributed by atoms with Crippen LogP contribution in [0.5, 0.6) is 11.5 Å². The van der Waals surface area contributed by atoms with Crippen molar-refractivity contribution in [2.75, 3.05) is 13.2 Å². The predicted octanol–water partition coefficient (Wildman–Crippen LogP) is 4.43. The molecule has 0 amide bonds. The summed E-state index contributed by atoms with van der Waals surface area (Å²) in [5.74, 6) is 0.406. The number of carboxylic acids is 1. The molecule has 8 heteroatoms. The van der Waals surface area contributed by atoms with Crippen molar-refractivity contribution < 1.29 is 19.4 Å². The molecule has 0 bridgehead atoms. The van der Waals surface area contributed by atoms with Crippen molar-refractivity contribution in [2.24, 2.45) is 0 Å². The largest absolute Gasteiger partial charge is 0.490 e. The van der Waals surface area contributed by atoms with Gasteiger partial charge in [-0.3, -0.25) is 0 Å². The molecule has 3 rings (SSSR count). The van der Waals surface area contributed by atoms with Crippen LogP contribution in [0.4, 0.5) is 0 Å². The van der Waals surface area contributed by atoms with Crippen molar-refractivity contribution in [1.82, 2.24) is 9.97 Å². The van der Waals surface area contributed by atoms with Gasteiger partial charge in [-0.15, -0.1) is 22.7 Å². The molecule has 0 aliphatic heterocycles. The van der Waals surface area contributed by atoms with Crippen molar-refractivity contribution in [3.63, 3.8) is 0 Å². The Morgan fingerprint density at radius 2 is 1.92 bits per heavy atom. The summed E-state index contributed by atoms with van der Waals surface area (Å²) < 4.78 is 11.2. The number of aromatic nitrogens is 2.